The molecule has 0 radical (unpaired) electrons. The fourth-order valence-corrected chi connectivity index (χ4v) is 4.76. The first-order chi connectivity index (χ1) is 10.6. The number of aryl methyl sites for hydroxylation is 3. The smallest absolute Gasteiger partial charge is 0.0134 e. The van der Waals surface area contributed by atoms with Crippen LogP contribution in [0.3, 0.4) is 0 Å². The average molecular weight is 338 g/mol. The van der Waals surface area contributed by atoms with Crippen molar-refractivity contribution in [3.63, 3.8) is 0 Å². The molecule has 23 heavy (non-hydrogen) atoms. The van der Waals surface area contributed by atoms with Gasteiger partial charge < -0.3 is 0 Å². The summed E-state index contributed by atoms with van der Waals surface area (Å²) in [5, 5.41) is 4.23. The monoisotopic (exact) mass is 338 g/mol. The number of hydrogen-bond donors (Lipinski definition) is 0. The highest BCUT2D eigenvalue weighted by Gasteiger charge is 2.16. The van der Waals surface area contributed by atoms with E-state index in [4.69, 9.17) is 0 Å². The Morgan fingerprint density at radius 3 is 0.870 bits per heavy atom. The van der Waals surface area contributed by atoms with Gasteiger partial charge in [0.05, 0.1) is 0 Å². The van der Waals surface area contributed by atoms with Crippen molar-refractivity contribution in [2.75, 3.05) is 0 Å². The Labute approximate surface area is 144 Å². The van der Waals surface area contributed by atoms with Crippen molar-refractivity contribution in [1.29, 1.82) is 0 Å². The lowest BCUT2D eigenvalue weighted by Crippen LogP contribution is -2.20. The largest absolute Gasteiger partial charge is 0.153 e. The third-order valence-corrected chi connectivity index (χ3v) is 6.32. The van der Waals surface area contributed by atoms with Crippen LogP contribution in [-0.4, -0.2) is 0 Å². The Balaban J connectivity index is 0.00000192. The van der Waals surface area contributed by atoms with E-state index in [9.17, 15) is 0 Å². The molecule has 0 saturated heterocycles. The maximum atomic E-state index is 2.28. The van der Waals surface area contributed by atoms with Gasteiger partial charge in [-0.3, -0.25) is 0 Å². The van der Waals surface area contributed by atoms with Crippen LogP contribution >= 0.6 is 17.8 Å². The van der Waals surface area contributed by atoms with E-state index in [2.05, 4.69) is 93.6 Å². The fourth-order valence-electron chi connectivity index (χ4n) is 2.53. The van der Waals surface area contributed by atoms with Crippen LogP contribution in [0.1, 0.15) is 16.7 Å². The van der Waals surface area contributed by atoms with Crippen molar-refractivity contribution >= 4 is 33.7 Å². The molecule has 0 amide bonds. The Kier molecular flexibility index (Phi) is 6.11. The van der Waals surface area contributed by atoms with Crippen molar-refractivity contribution in [3.05, 3.63) is 89.5 Å². The van der Waals surface area contributed by atoms with Gasteiger partial charge in [-0.25, -0.2) is 0 Å². The molecule has 2 heteroatoms. The Hall–Kier alpha value is -1.48. The predicted molar refractivity (Wildman–Crippen MR) is 110 cm³/mol. The molecule has 0 aliphatic rings. The molecule has 0 aromatic heterocycles. The molecular weight excluding hydrogens is 314 g/mol. The van der Waals surface area contributed by atoms with Gasteiger partial charge >= 0.3 is 0 Å². The maximum Gasteiger partial charge on any atom is -0.0134 e. The first-order valence-corrected chi connectivity index (χ1v) is 8.98. The molecule has 118 valence electrons. The van der Waals surface area contributed by atoms with Crippen LogP contribution in [0.25, 0.3) is 0 Å². The molecule has 0 spiro atoms. The fraction of sp³-hybridized carbons (Fsp3) is 0.143. The lowest BCUT2D eigenvalue weighted by atomic mass is 10.2. The highest BCUT2D eigenvalue weighted by atomic mass is 31.1. The van der Waals surface area contributed by atoms with Crippen molar-refractivity contribution < 1.29 is 0 Å². The molecule has 0 bridgehead atoms. The van der Waals surface area contributed by atoms with Gasteiger partial charge in [0.15, 0.2) is 0 Å². The molecule has 0 aliphatic carbocycles. The molecule has 0 fully saturated rings. The molecule has 0 aliphatic heterocycles. The molecule has 0 N–H and O–H groups in total. The first-order valence-electron chi connectivity index (χ1n) is 7.63. The van der Waals surface area contributed by atoms with Gasteiger partial charge in [-0.2, -0.15) is 9.90 Å². The van der Waals surface area contributed by atoms with E-state index in [1.807, 2.05) is 0 Å². The molecule has 3 aromatic rings. The van der Waals surface area contributed by atoms with E-state index in [0.29, 0.717) is 0 Å². The van der Waals surface area contributed by atoms with Gasteiger partial charge in [0.2, 0.25) is 0 Å². The quantitative estimate of drug-likeness (QED) is 0.620. The lowest BCUT2D eigenvalue weighted by Gasteiger charge is -2.20. The molecular formula is C21H24P2. The van der Waals surface area contributed by atoms with Crippen molar-refractivity contribution in [3.8, 4) is 0 Å². The minimum atomic E-state index is -0.483. The summed E-state index contributed by atoms with van der Waals surface area (Å²) >= 11 is 0. The molecule has 0 heterocycles. The van der Waals surface area contributed by atoms with Crippen molar-refractivity contribution in [2.24, 2.45) is 0 Å². The summed E-state index contributed by atoms with van der Waals surface area (Å²) in [5.41, 5.74) is 3.93. The zero-order valence-electron chi connectivity index (χ0n) is 14.1. The van der Waals surface area contributed by atoms with Gasteiger partial charge in [-0.05, 0) is 44.6 Å². The summed E-state index contributed by atoms with van der Waals surface area (Å²) in [4.78, 5) is 0. The molecule has 3 aromatic carbocycles. The Morgan fingerprint density at radius 1 is 0.435 bits per heavy atom. The second-order valence-electron chi connectivity index (χ2n) is 5.84. The Bertz CT molecular complexity index is 633. The third kappa shape index (κ3) is 4.29. The van der Waals surface area contributed by atoms with Crippen molar-refractivity contribution in [2.45, 2.75) is 20.8 Å². The minimum absolute atomic E-state index is 0. The van der Waals surface area contributed by atoms with Crippen molar-refractivity contribution in [1.82, 2.24) is 0 Å². The highest BCUT2D eigenvalue weighted by Crippen LogP contribution is 2.32. The zero-order valence-corrected chi connectivity index (χ0v) is 16.4. The number of hydrogen-bond acceptors (Lipinski definition) is 0. The maximum absolute atomic E-state index is 2.28. The zero-order chi connectivity index (χ0) is 15.5. The van der Waals surface area contributed by atoms with E-state index in [0.717, 1.165) is 0 Å². The third-order valence-electron chi connectivity index (χ3n) is 3.88. The van der Waals surface area contributed by atoms with Gasteiger partial charge in [0, 0.05) is 0 Å². The van der Waals surface area contributed by atoms with Crippen LogP contribution < -0.4 is 15.9 Å². The summed E-state index contributed by atoms with van der Waals surface area (Å²) in [6.45, 7) is 6.43. The molecule has 0 nitrogen and oxygen atoms in total. The summed E-state index contributed by atoms with van der Waals surface area (Å²) in [6.07, 6.45) is 0. The highest BCUT2D eigenvalue weighted by molar-refractivity contribution is 7.79. The molecule has 3 rings (SSSR count). The summed E-state index contributed by atoms with van der Waals surface area (Å²) in [5.74, 6) is 0. The second kappa shape index (κ2) is 7.87. The Morgan fingerprint density at radius 2 is 0.652 bits per heavy atom. The standard InChI is InChI=1S/C21H21P.H3P/c1-16-4-10-19(11-5-16)22(20-12-6-17(2)7-13-20)21-14-8-18(3)9-15-21;/h4-15H,1-3H3;1H3. The van der Waals surface area contributed by atoms with Crippen LogP contribution in [0.4, 0.5) is 0 Å². The van der Waals surface area contributed by atoms with Crippen LogP contribution in [0.2, 0.25) is 0 Å². The minimum Gasteiger partial charge on any atom is -0.153 e. The normalized spacial score (nSPS) is 10.4. The van der Waals surface area contributed by atoms with Crippen LogP contribution in [0.5, 0.6) is 0 Å². The van der Waals surface area contributed by atoms with E-state index >= 15 is 0 Å². The first kappa shape index (κ1) is 17.9. The van der Waals surface area contributed by atoms with Crippen LogP contribution in [-0.2, 0) is 0 Å². The predicted octanol–water partition coefficient (Wildman–Crippen LogP) is 4.43. The summed E-state index contributed by atoms with van der Waals surface area (Å²) in [7, 11) is -0.483. The topological polar surface area (TPSA) is 0 Å². The van der Waals surface area contributed by atoms with Gasteiger partial charge in [0.1, 0.15) is 0 Å². The molecule has 0 saturated carbocycles. The SMILES string of the molecule is Cc1ccc(P(c2ccc(C)cc2)c2ccc(C)cc2)cc1.P. The van der Waals surface area contributed by atoms with Crippen LogP contribution in [0, 0.1) is 20.8 Å². The van der Waals surface area contributed by atoms with E-state index in [-0.39, 0.29) is 9.90 Å². The van der Waals surface area contributed by atoms with Gasteiger partial charge in [-0.15, -0.1) is 0 Å². The van der Waals surface area contributed by atoms with Gasteiger partial charge in [0.25, 0.3) is 0 Å². The van der Waals surface area contributed by atoms with E-state index in [1.54, 1.807) is 0 Å². The molecule has 1 atom stereocenters. The number of rotatable bonds is 3. The van der Waals surface area contributed by atoms with Gasteiger partial charge in [-0.1, -0.05) is 89.5 Å². The summed E-state index contributed by atoms with van der Waals surface area (Å²) in [6, 6.07) is 27.0. The molecule has 1 unspecified atom stereocenters. The van der Waals surface area contributed by atoms with E-state index in [1.165, 1.54) is 32.6 Å². The lowest BCUT2D eigenvalue weighted by molar-refractivity contribution is 1.48. The summed E-state index contributed by atoms with van der Waals surface area (Å²) < 4.78 is 0. The number of benzene rings is 3. The second-order valence-corrected chi connectivity index (χ2v) is 8.06. The van der Waals surface area contributed by atoms with Crippen LogP contribution in [0.15, 0.2) is 72.8 Å². The average Bonchev–Trinajstić information content (AvgIpc) is 2.53. The van der Waals surface area contributed by atoms with E-state index < -0.39 is 7.92 Å².